The van der Waals surface area contributed by atoms with Crippen LogP contribution in [0.1, 0.15) is 43.5 Å². The van der Waals surface area contributed by atoms with Gasteiger partial charge >= 0.3 is 0 Å². The van der Waals surface area contributed by atoms with E-state index in [1.807, 2.05) is 6.07 Å². The molecule has 0 N–H and O–H groups in total. The Morgan fingerprint density at radius 1 is 1.11 bits per heavy atom. The Morgan fingerprint density at radius 2 is 1.82 bits per heavy atom. The SMILES string of the molecule is CCCCC(=O)c1ccc2c(c1)N(CC(C)CN(C)C)c1ccccc1S2.Cl. The van der Waals surface area contributed by atoms with Gasteiger partial charge in [-0.05, 0) is 50.7 Å². The minimum Gasteiger partial charge on any atom is -0.339 e. The largest absolute Gasteiger partial charge is 0.339 e. The van der Waals surface area contributed by atoms with Gasteiger partial charge in [0.05, 0.1) is 11.4 Å². The van der Waals surface area contributed by atoms with Gasteiger partial charge in [0.25, 0.3) is 0 Å². The van der Waals surface area contributed by atoms with Crippen LogP contribution in [0.3, 0.4) is 0 Å². The van der Waals surface area contributed by atoms with E-state index in [1.165, 1.54) is 21.2 Å². The lowest BCUT2D eigenvalue weighted by Crippen LogP contribution is -2.31. The van der Waals surface area contributed by atoms with Gasteiger partial charge in [-0.2, -0.15) is 0 Å². The molecule has 152 valence electrons. The molecule has 28 heavy (non-hydrogen) atoms. The van der Waals surface area contributed by atoms with Crippen molar-refractivity contribution in [2.75, 3.05) is 32.1 Å². The summed E-state index contributed by atoms with van der Waals surface area (Å²) in [5, 5.41) is 0. The number of nitrogens with zero attached hydrogens (tertiary/aromatic N) is 2. The number of ketones is 1. The van der Waals surface area contributed by atoms with E-state index in [4.69, 9.17) is 0 Å². The van der Waals surface area contributed by atoms with Crippen LogP contribution in [0.15, 0.2) is 52.3 Å². The molecule has 0 bridgehead atoms. The highest BCUT2D eigenvalue weighted by Gasteiger charge is 2.25. The van der Waals surface area contributed by atoms with Gasteiger partial charge in [0, 0.05) is 34.9 Å². The van der Waals surface area contributed by atoms with Crippen LogP contribution in [0.4, 0.5) is 11.4 Å². The van der Waals surface area contributed by atoms with Crippen LogP contribution in [0.5, 0.6) is 0 Å². The Labute approximate surface area is 179 Å². The highest BCUT2D eigenvalue weighted by molar-refractivity contribution is 7.99. The summed E-state index contributed by atoms with van der Waals surface area (Å²) < 4.78 is 0. The van der Waals surface area contributed by atoms with Gasteiger partial charge in [-0.1, -0.05) is 50.2 Å². The van der Waals surface area contributed by atoms with E-state index < -0.39 is 0 Å². The summed E-state index contributed by atoms with van der Waals surface area (Å²) >= 11 is 1.80. The Hall–Kier alpha value is -1.49. The van der Waals surface area contributed by atoms with E-state index in [-0.39, 0.29) is 18.2 Å². The van der Waals surface area contributed by atoms with E-state index >= 15 is 0 Å². The van der Waals surface area contributed by atoms with Crippen molar-refractivity contribution in [3.8, 4) is 0 Å². The van der Waals surface area contributed by atoms with Gasteiger partial charge in [0.1, 0.15) is 0 Å². The maximum atomic E-state index is 12.6. The molecule has 3 rings (SSSR count). The number of fused-ring (bicyclic) bond motifs is 2. The second-order valence-electron chi connectivity index (χ2n) is 7.76. The molecule has 5 heteroatoms. The molecule has 0 aromatic heterocycles. The summed E-state index contributed by atoms with van der Waals surface area (Å²) in [5.74, 6) is 0.772. The van der Waals surface area contributed by atoms with Crippen molar-refractivity contribution in [2.24, 2.45) is 5.92 Å². The Morgan fingerprint density at radius 3 is 2.54 bits per heavy atom. The first kappa shape index (κ1) is 22.8. The number of anilines is 2. The molecule has 0 saturated heterocycles. The van der Waals surface area contributed by atoms with Gasteiger partial charge in [-0.3, -0.25) is 4.79 Å². The number of rotatable bonds is 8. The van der Waals surface area contributed by atoms with Crippen molar-refractivity contribution >= 4 is 41.3 Å². The number of Topliss-reactive ketones (excluding diaryl/α,β-unsaturated/α-hetero) is 1. The van der Waals surface area contributed by atoms with Gasteiger partial charge in [0.15, 0.2) is 5.78 Å². The number of unbranched alkanes of at least 4 members (excludes halogenated alkanes) is 1. The van der Waals surface area contributed by atoms with Crippen molar-refractivity contribution in [1.82, 2.24) is 4.90 Å². The average molecular weight is 419 g/mol. The van der Waals surface area contributed by atoms with Crippen LogP contribution in [0.25, 0.3) is 0 Å². The third-order valence-corrected chi connectivity index (χ3v) is 6.01. The highest BCUT2D eigenvalue weighted by atomic mass is 35.5. The van der Waals surface area contributed by atoms with Crippen LogP contribution < -0.4 is 4.90 Å². The fourth-order valence-corrected chi connectivity index (χ4v) is 4.75. The Bertz CT molecular complexity index is 809. The molecule has 3 nitrogen and oxygen atoms in total. The van der Waals surface area contributed by atoms with E-state index in [1.54, 1.807) is 11.8 Å². The molecule has 2 aromatic rings. The normalized spacial score (nSPS) is 13.5. The maximum absolute atomic E-state index is 12.6. The van der Waals surface area contributed by atoms with E-state index in [0.717, 1.165) is 31.5 Å². The molecule has 0 aliphatic carbocycles. The smallest absolute Gasteiger partial charge is 0.162 e. The number of benzene rings is 2. The van der Waals surface area contributed by atoms with E-state index in [2.05, 4.69) is 74.1 Å². The van der Waals surface area contributed by atoms with Crippen molar-refractivity contribution in [1.29, 1.82) is 0 Å². The summed E-state index contributed by atoms with van der Waals surface area (Å²) in [6, 6.07) is 14.8. The molecule has 0 fully saturated rings. The number of carbonyl (C=O) groups is 1. The maximum Gasteiger partial charge on any atom is 0.162 e. The summed E-state index contributed by atoms with van der Waals surface area (Å²) in [5.41, 5.74) is 3.26. The first-order chi connectivity index (χ1) is 13.0. The predicted molar refractivity (Wildman–Crippen MR) is 123 cm³/mol. The highest BCUT2D eigenvalue weighted by Crippen LogP contribution is 2.48. The van der Waals surface area contributed by atoms with Gasteiger partial charge in [-0.15, -0.1) is 12.4 Å². The number of hydrogen-bond donors (Lipinski definition) is 0. The molecule has 0 spiro atoms. The minimum atomic E-state index is 0. The van der Waals surface area contributed by atoms with Crippen molar-refractivity contribution in [2.45, 2.75) is 42.9 Å². The average Bonchev–Trinajstić information content (AvgIpc) is 2.65. The zero-order chi connectivity index (χ0) is 19.4. The number of hydrogen-bond acceptors (Lipinski definition) is 4. The first-order valence-corrected chi connectivity index (χ1v) is 10.7. The molecule has 0 radical (unpaired) electrons. The molecule has 2 aromatic carbocycles. The number of carbonyl (C=O) groups excluding carboxylic acids is 1. The van der Waals surface area contributed by atoms with E-state index in [9.17, 15) is 4.79 Å². The third-order valence-electron chi connectivity index (χ3n) is 4.88. The fraction of sp³-hybridized carbons (Fsp3) is 0.435. The Kier molecular flexibility index (Phi) is 8.41. The van der Waals surface area contributed by atoms with Crippen molar-refractivity contribution in [3.63, 3.8) is 0 Å². The molecule has 1 aliphatic rings. The van der Waals surface area contributed by atoms with Gasteiger partial charge in [0.2, 0.25) is 0 Å². The molecule has 1 unspecified atom stereocenters. The first-order valence-electron chi connectivity index (χ1n) is 9.86. The van der Waals surface area contributed by atoms with Crippen LogP contribution in [0, 0.1) is 5.92 Å². The molecule has 1 atom stereocenters. The molecule has 1 heterocycles. The zero-order valence-electron chi connectivity index (χ0n) is 17.3. The number of halogens is 1. The second kappa shape index (κ2) is 10.3. The minimum absolute atomic E-state index is 0. The van der Waals surface area contributed by atoms with Crippen LogP contribution >= 0.6 is 24.2 Å². The summed E-state index contributed by atoms with van der Waals surface area (Å²) in [6.45, 7) is 6.40. The third kappa shape index (κ3) is 5.31. The topological polar surface area (TPSA) is 23.6 Å². The molecule has 0 saturated carbocycles. The summed E-state index contributed by atoms with van der Waals surface area (Å²) in [6.07, 6.45) is 2.64. The molecular formula is C23H31ClN2OS. The molecule has 0 amide bonds. The lowest BCUT2D eigenvalue weighted by Gasteiger charge is -2.35. The van der Waals surface area contributed by atoms with Crippen LogP contribution in [0.2, 0.25) is 0 Å². The lowest BCUT2D eigenvalue weighted by molar-refractivity contribution is 0.0979. The quantitative estimate of drug-likeness (QED) is 0.470. The summed E-state index contributed by atoms with van der Waals surface area (Å²) in [7, 11) is 4.24. The van der Waals surface area contributed by atoms with Crippen molar-refractivity contribution in [3.05, 3.63) is 48.0 Å². The number of para-hydroxylation sites is 1. The van der Waals surface area contributed by atoms with Gasteiger partial charge < -0.3 is 9.80 Å². The fourth-order valence-electron chi connectivity index (χ4n) is 3.67. The molecular weight excluding hydrogens is 388 g/mol. The summed E-state index contributed by atoms with van der Waals surface area (Å²) in [4.78, 5) is 19.7. The zero-order valence-corrected chi connectivity index (χ0v) is 18.9. The monoisotopic (exact) mass is 418 g/mol. The standard InChI is InChI=1S/C23H30N2OS.ClH/c1-5-6-10-21(26)18-12-13-23-20(14-18)25(16-17(2)15-24(3)4)19-9-7-8-11-22(19)27-23;/h7-9,11-14,17H,5-6,10,15-16H2,1-4H3;1H. The van der Waals surface area contributed by atoms with Crippen molar-refractivity contribution < 1.29 is 4.79 Å². The predicted octanol–water partition coefficient (Wildman–Crippen LogP) is 6.28. The van der Waals surface area contributed by atoms with Crippen LogP contribution in [-0.2, 0) is 0 Å². The Balaban J connectivity index is 0.00000280. The van der Waals surface area contributed by atoms with Crippen LogP contribution in [-0.4, -0.2) is 37.9 Å². The lowest BCUT2D eigenvalue weighted by atomic mass is 10.0. The second-order valence-corrected chi connectivity index (χ2v) is 8.84. The van der Waals surface area contributed by atoms with Gasteiger partial charge in [-0.25, -0.2) is 0 Å². The molecule has 1 aliphatic heterocycles. The van der Waals surface area contributed by atoms with E-state index in [0.29, 0.717) is 12.3 Å².